The van der Waals surface area contributed by atoms with E-state index in [2.05, 4.69) is 22.1 Å². The van der Waals surface area contributed by atoms with Crippen LogP contribution in [0.5, 0.6) is 0 Å². The maximum atomic E-state index is 13.2. The lowest BCUT2D eigenvalue weighted by molar-refractivity contribution is -0.121. The highest BCUT2D eigenvalue weighted by Crippen LogP contribution is 2.29. The van der Waals surface area contributed by atoms with Crippen LogP contribution in [0.15, 0.2) is 23.1 Å². The molecule has 4 rings (SSSR count). The Kier molecular flexibility index (Phi) is 6.33. The van der Waals surface area contributed by atoms with Crippen molar-refractivity contribution in [3.63, 3.8) is 0 Å². The fourth-order valence-corrected chi connectivity index (χ4v) is 4.96. The van der Waals surface area contributed by atoms with Crippen LogP contribution in [0.4, 0.5) is 0 Å². The molecule has 2 fully saturated rings. The summed E-state index contributed by atoms with van der Waals surface area (Å²) in [5.74, 6) is -0.108. The molecular formula is C22H33N5O2. The fraction of sp³-hybridized carbons (Fsp3) is 0.682. The number of hydrogen-bond acceptors (Lipinski definition) is 4. The number of fused-ring (bicyclic) bond motifs is 1. The number of nitrogens with one attached hydrogen (secondary N) is 1. The van der Waals surface area contributed by atoms with Crippen LogP contribution >= 0.6 is 0 Å². The van der Waals surface area contributed by atoms with Gasteiger partial charge in [0.15, 0.2) is 5.65 Å². The van der Waals surface area contributed by atoms with Crippen molar-refractivity contribution >= 4 is 17.1 Å². The van der Waals surface area contributed by atoms with E-state index in [-0.39, 0.29) is 24.2 Å². The molecule has 1 amide bonds. The molecular weight excluding hydrogens is 366 g/mol. The molecule has 1 aliphatic heterocycles. The van der Waals surface area contributed by atoms with Gasteiger partial charge in [-0.2, -0.15) is 0 Å². The van der Waals surface area contributed by atoms with Gasteiger partial charge in [0.2, 0.25) is 5.91 Å². The van der Waals surface area contributed by atoms with Crippen molar-refractivity contribution < 1.29 is 4.79 Å². The van der Waals surface area contributed by atoms with Crippen molar-refractivity contribution in [2.75, 3.05) is 19.6 Å². The molecule has 1 aliphatic carbocycles. The van der Waals surface area contributed by atoms with E-state index in [1.807, 2.05) is 16.7 Å². The molecule has 29 heavy (non-hydrogen) atoms. The van der Waals surface area contributed by atoms with Gasteiger partial charge in [-0.1, -0.05) is 25.7 Å². The molecule has 2 aromatic heterocycles. The van der Waals surface area contributed by atoms with Gasteiger partial charge in [-0.05, 0) is 51.3 Å². The maximum absolute atomic E-state index is 13.2. The normalized spacial score (nSPS) is 21.5. The molecule has 0 bridgehead atoms. The molecule has 0 spiro atoms. The SMILES string of the molecule is CC1CCCCN1CCNC(=O)Cn1c(=O)n(C2CCCCC2)c2ncccc21. The largest absolute Gasteiger partial charge is 0.353 e. The number of amides is 1. The van der Waals surface area contributed by atoms with Crippen LogP contribution in [0, 0.1) is 0 Å². The molecule has 1 saturated heterocycles. The molecule has 0 radical (unpaired) electrons. The van der Waals surface area contributed by atoms with E-state index >= 15 is 0 Å². The van der Waals surface area contributed by atoms with Gasteiger partial charge in [-0.25, -0.2) is 9.78 Å². The number of carbonyl (C=O) groups is 1. The first-order chi connectivity index (χ1) is 14.1. The Morgan fingerprint density at radius 2 is 1.97 bits per heavy atom. The lowest BCUT2D eigenvalue weighted by Gasteiger charge is -2.33. The van der Waals surface area contributed by atoms with E-state index in [9.17, 15) is 9.59 Å². The minimum Gasteiger partial charge on any atom is -0.353 e. The molecule has 158 valence electrons. The van der Waals surface area contributed by atoms with Crippen LogP contribution in [0.3, 0.4) is 0 Å². The molecule has 0 aromatic carbocycles. The summed E-state index contributed by atoms with van der Waals surface area (Å²) >= 11 is 0. The monoisotopic (exact) mass is 399 g/mol. The quantitative estimate of drug-likeness (QED) is 0.811. The third-order valence-electron chi connectivity index (χ3n) is 6.63. The number of likely N-dealkylation sites (tertiary alicyclic amines) is 1. The highest BCUT2D eigenvalue weighted by Gasteiger charge is 2.24. The van der Waals surface area contributed by atoms with Crippen LogP contribution in [0.1, 0.15) is 64.3 Å². The summed E-state index contributed by atoms with van der Waals surface area (Å²) in [7, 11) is 0. The Morgan fingerprint density at radius 3 is 2.76 bits per heavy atom. The maximum Gasteiger partial charge on any atom is 0.331 e. The molecule has 7 heteroatoms. The summed E-state index contributed by atoms with van der Waals surface area (Å²) in [5, 5.41) is 3.01. The molecule has 2 aliphatic rings. The Hall–Kier alpha value is -2.15. The number of rotatable bonds is 6. The number of carbonyl (C=O) groups excluding carboxylic acids is 1. The summed E-state index contributed by atoms with van der Waals surface area (Å²) in [5.41, 5.74) is 1.35. The zero-order chi connectivity index (χ0) is 20.2. The lowest BCUT2D eigenvalue weighted by Crippen LogP contribution is -2.43. The third-order valence-corrected chi connectivity index (χ3v) is 6.63. The molecule has 2 aromatic rings. The number of hydrogen-bond donors (Lipinski definition) is 1. The zero-order valence-electron chi connectivity index (χ0n) is 17.5. The molecule has 7 nitrogen and oxygen atoms in total. The van der Waals surface area contributed by atoms with Gasteiger partial charge in [0.1, 0.15) is 6.54 Å². The van der Waals surface area contributed by atoms with Crippen LogP contribution < -0.4 is 11.0 Å². The van der Waals surface area contributed by atoms with Gasteiger partial charge < -0.3 is 5.32 Å². The van der Waals surface area contributed by atoms with Crippen molar-refractivity contribution in [3.05, 3.63) is 28.8 Å². The van der Waals surface area contributed by atoms with Gasteiger partial charge >= 0.3 is 5.69 Å². The smallest absolute Gasteiger partial charge is 0.331 e. The second-order valence-corrected chi connectivity index (χ2v) is 8.61. The van der Waals surface area contributed by atoms with E-state index in [4.69, 9.17) is 0 Å². The van der Waals surface area contributed by atoms with E-state index in [1.165, 1.54) is 25.7 Å². The zero-order valence-corrected chi connectivity index (χ0v) is 17.5. The molecule has 1 atom stereocenters. The Bertz CT molecular complexity index is 896. The summed E-state index contributed by atoms with van der Waals surface area (Å²) in [4.78, 5) is 32.7. The van der Waals surface area contributed by atoms with Gasteiger partial charge in [0.25, 0.3) is 0 Å². The summed E-state index contributed by atoms with van der Waals surface area (Å²) < 4.78 is 3.42. The highest BCUT2D eigenvalue weighted by molar-refractivity contribution is 5.79. The number of aromatic nitrogens is 3. The van der Waals surface area contributed by atoms with Crippen molar-refractivity contribution in [3.8, 4) is 0 Å². The van der Waals surface area contributed by atoms with Gasteiger partial charge in [0, 0.05) is 31.4 Å². The average molecular weight is 400 g/mol. The number of piperidine rings is 1. The molecule has 1 saturated carbocycles. The van der Waals surface area contributed by atoms with Crippen molar-refractivity contribution in [1.82, 2.24) is 24.3 Å². The second kappa shape index (κ2) is 9.11. The van der Waals surface area contributed by atoms with E-state index in [0.717, 1.165) is 44.3 Å². The Morgan fingerprint density at radius 1 is 1.17 bits per heavy atom. The predicted molar refractivity (Wildman–Crippen MR) is 114 cm³/mol. The highest BCUT2D eigenvalue weighted by atomic mass is 16.2. The van der Waals surface area contributed by atoms with E-state index < -0.39 is 0 Å². The van der Waals surface area contributed by atoms with Crippen LogP contribution in [0.2, 0.25) is 0 Å². The van der Waals surface area contributed by atoms with Crippen molar-refractivity contribution in [2.24, 2.45) is 0 Å². The standard InChI is InChI=1S/C22H33N5O2/c1-17-8-5-6-14-25(17)15-13-23-20(28)16-26-19-11-7-12-24-21(19)27(22(26)29)18-9-3-2-4-10-18/h7,11-12,17-18H,2-6,8-10,13-16H2,1H3,(H,23,28). The minimum atomic E-state index is -0.108. The lowest BCUT2D eigenvalue weighted by atomic mass is 9.95. The number of nitrogens with zero attached hydrogens (tertiary/aromatic N) is 4. The van der Waals surface area contributed by atoms with Gasteiger partial charge in [-0.15, -0.1) is 0 Å². The summed E-state index contributed by atoms with van der Waals surface area (Å²) in [6, 6.07) is 4.51. The molecule has 1 unspecified atom stereocenters. The van der Waals surface area contributed by atoms with Gasteiger partial charge in [0.05, 0.1) is 5.52 Å². The summed E-state index contributed by atoms with van der Waals surface area (Å²) in [6.45, 7) is 4.91. The first kappa shape index (κ1) is 20.1. The van der Waals surface area contributed by atoms with Crippen LogP contribution in [-0.4, -0.2) is 50.6 Å². The van der Waals surface area contributed by atoms with Gasteiger partial charge in [-0.3, -0.25) is 18.8 Å². The van der Waals surface area contributed by atoms with E-state index in [1.54, 1.807) is 10.8 Å². The second-order valence-electron chi connectivity index (χ2n) is 8.61. The summed E-state index contributed by atoms with van der Waals surface area (Å²) in [6.07, 6.45) is 11.0. The Balaban J connectivity index is 1.45. The topological polar surface area (TPSA) is 72.2 Å². The fourth-order valence-electron chi connectivity index (χ4n) is 4.96. The van der Waals surface area contributed by atoms with Crippen molar-refractivity contribution in [1.29, 1.82) is 0 Å². The average Bonchev–Trinajstić information content (AvgIpc) is 3.02. The van der Waals surface area contributed by atoms with Crippen LogP contribution in [0.25, 0.3) is 11.2 Å². The van der Waals surface area contributed by atoms with E-state index in [0.29, 0.717) is 18.2 Å². The van der Waals surface area contributed by atoms with Crippen LogP contribution in [-0.2, 0) is 11.3 Å². The Labute approximate surface area is 172 Å². The number of pyridine rings is 1. The van der Waals surface area contributed by atoms with Crippen molar-refractivity contribution in [2.45, 2.75) is 76.9 Å². The molecule has 3 heterocycles. The molecule has 1 N–H and O–H groups in total. The first-order valence-electron chi connectivity index (χ1n) is 11.2. The first-order valence-corrected chi connectivity index (χ1v) is 11.2. The number of imidazole rings is 1. The predicted octanol–water partition coefficient (Wildman–Crippen LogP) is 2.69. The third kappa shape index (κ3) is 4.39. The minimum absolute atomic E-state index is 0.0519.